The fourth-order valence-electron chi connectivity index (χ4n) is 1.30. The zero-order chi connectivity index (χ0) is 12.1. The lowest BCUT2D eigenvalue weighted by molar-refractivity contribution is -0.141. The van der Waals surface area contributed by atoms with Gasteiger partial charge in [0.25, 0.3) is 0 Å². The minimum absolute atomic E-state index is 0.0513. The van der Waals surface area contributed by atoms with Crippen molar-refractivity contribution in [1.29, 1.82) is 0 Å². The molecule has 0 aromatic heterocycles. The topological polar surface area (TPSA) is 49.3 Å². The highest BCUT2D eigenvalue weighted by molar-refractivity contribution is 9.10. The number of carboxylic acid groups (broad SMARTS) is 1. The number of aliphatic carboxylic acids is 1. The van der Waals surface area contributed by atoms with Crippen molar-refractivity contribution in [2.24, 2.45) is 5.92 Å². The predicted octanol–water partition coefficient (Wildman–Crippen LogP) is 2.65. The van der Waals surface area contributed by atoms with Gasteiger partial charge in [0.1, 0.15) is 0 Å². The van der Waals surface area contributed by atoms with Gasteiger partial charge in [-0.1, -0.05) is 41.1 Å². The molecule has 0 saturated heterocycles. The third-order valence-corrected chi connectivity index (χ3v) is 3.49. The van der Waals surface area contributed by atoms with Crippen LogP contribution in [0.2, 0.25) is 0 Å². The monoisotopic (exact) mass is 285 g/mol. The zero-order valence-electron chi connectivity index (χ0n) is 9.40. The quantitative estimate of drug-likeness (QED) is 0.875. The molecule has 1 aromatic rings. The number of hydrogen-bond acceptors (Lipinski definition) is 2. The minimum atomic E-state index is -0.771. The number of halogens is 1. The Morgan fingerprint density at radius 1 is 1.44 bits per heavy atom. The van der Waals surface area contributed by atoms with E-state index in [0.717, 1.165) is 10.0 Å². The van der Waals surface area contributed by atoms with E-state index in [9.17, 15) is 4.79 Å². The molecule has 0 fully saturated rings. The average molecular weight is 286 g/mol. The fourth-order valence-corrected chi connectivity index (χ4v) is 1.73. The van der Waals surface area contributed by atoms with Crippen LogP contribution in [-0.4, -0.2) is 17.1 Å². The van der Waals surface area contributed by atoms with E-state index in [2.05, 4.69) is 21.2 Å². The number of nitrogens with one attached hydrogen (secondary N) is 1. The summed E-state index contributed by atoms with van der Waals surface area (Å²) in [7, 11) is 0. The molecule has 0 spiro atoms. The van der Waals surface area contributed by atoms with Crippen LogP contribution in [0.15, 0.2) is 28.7 Å². The predicted molar refractivity (Wildman–Crippen MR) is 67.2 cm³/mol. The van der Waals surface area contributed by atoms with Crippen molar-refractivity contribution >= 4 is 21.9 Å². The normalized spacial score (nSPS) is 14.4. The van der Waals surface area contributed by atoms with Crippen molar-refractivity contribution in [2.45, 2.75) is 26.4 Å². The molecular formula is C12H16BrNO2. The second-order valence-corrected chi connectivity index (χ2v) is 4.74. The molecule has 88 valence electrons. The third kappa shape index (κ3) is 3.61. The van der Waals surface area contributed by atoms with Gasteiger partial charge in [-0.15, -0.1) is 0 Å². The van der Waals surface area contributed by atoms with Crippen LogP contribution in [0.4, 0.5) is 0 Å². The number of benzene rings is 1. The Morgan fingerprint density at radius 3 is 2.62 bits per heavy atom. The largest absolute Gasteiger partial charge is 0.481 e. The lowest BCUT2D eigenvalue weighted by atomic mass is 10.0. The highest BCUT2D eigenvalue weighted by Gasteiger charge is 2.18. The lowest BCUT2D eigenvalue weighted by Gasteiger charge is -2.18. The van der Waals surface area contributed by atoms with Crippen LogP contribution in [0.1, 0.15) is 19.4 Å². The van der Waals surface area contributed by atoms with E-state index in [1.54, 1.807) is 6.92 Å². The first-order chi connectivity index (χ1) is 7.52. The van der Waals surface area contributed by atoms with Crippen LogP contribution in [0.3, 0.4) is 0 Å². The van der Waals surface area contributed by atoms with Crippen LogP contribution in [-0.2, 0) is 11.3 Å². The summed E-state index contributed by atoms with van der Waals surface area (Å²) < 4.78 is 1.04. The van der Waals surface area contributed by atoms with Crippen LogP contribution >= 0.6 is 15.9 Å². The standard InChI is InChI=1S/C12H16BrNO2/c1-8(12(15)16)9(2)14-7-10-5-3-4-6-11(10)13/h3-6,8-9,14H,7H2,1-2H3,(H,15,16). The van der Waals surface area contributed by atoms with Crippen molar-refractivity contribution in [3.8, 4) is 0 Å². The summed E-state index contributed by atoms with van der Waals surface area (Å²) in [6.45, 7) is 4.26. The Hall–Kier alpha value is -0.870. The van der Waals surface area contributed by atoms with Gasteiger partial charge in [-0.3, -0.25) is 4.79 Å². The van der Waals surface area contributed by atoms with Gasteiger partial charge in [-0.2, -0.15) is 0 Å². The summed E-state index contributed by atoms with van der Waals surface area (Å²) in [5.74, 6) is -1.16. The first-order valence-corrected chi connectivity index (χ1v) is 6.01. The first-order valence-electron chi connectivity index (χ1n) is 5.22. The molecule has 0 aliphatic rings. The first kappa shape index (κ1) is 13.2. The molecule has 0 saturated carbocycles. The second-order valence-electron chi connectivity index (χ2n) is 3.89. The molecule has 1 aromatic carbocycles. The molecule has 16 heavy (non-hydrogen) atoms. The molecule has 0 heterocycles. The lowest BCUT2D eigenvalue weighted by Crippen LogP contribution is -2.35. The van der Waals surface area contributed by atoms with Gasteiger partial charge in [-0.25, -0.2) is 0 Å². The SMILES string of the molecule is CC(NCc1ccccc1Br)C(C)C(=O)O. The van der Waals surface area contributed by atoms with Crippen molar-refractivity contribution in [1.82, 2.24) is 5.32 Å². The number of rotatable bonds is 5. The number of carboxylic acids is 1. The Bertz CT molecular complexity index is 368. The molecule has 0 radical (unpaired) electrons. The number of hydrogen-bond donors (Lipinski definition) is 2. The summed E-state index contributed by atoms with van der Waals surface area (Å²) >= 11 is 3.46. The van der Waals surface area contributed by atoms with Gasteiger partial charge in [0.05, 0.1) is 5.92 Å². The maximum absolute atomic E-state index is 10.8. The molecule has 0 amide bonds. The minimum Gasteiger partial charge on any atom is -0.481 e. The summed E-state index contributed by atoms with van der Waals surface area (Å²) in [5, 5.41) is 12.1. The molecule has 1 rings (SSSR count). The smallest absolute Gasteiger partial charge is 0.307 e. The van der Waals surface area contributed by atoms with Gasteiger partial charge < -0.3 is 10.4 Å². The highest BCUT2D eigenvalue weighted by atomic mass is 79.9. The maximum Gasteiger partial charge on any atom is 0.307 e. The Morgan fingerprint density at radius 2 is 2.06 bits per heavy atom. The molecule has 0 bridgehead atoms. The molecule has 3 nitrogen and oxygen atoms in total. The molecule has 4 heteroatoms. The number of carbonyl (C=O) groups is 1. The highest BCUT2D eigenvalue weighted by Crippen LogP contribution is 2.16. The van der Waals surface area contributed by atoms with Crippen molar-refractivity contribution < 1.29 is 9.90 Å². The average Bonchev–Trinajstić information content (AvgIpc) is 2.26. The van der Waals surface area contributed by atoms with Gasteiger partial charge in [0.2, 0.25) is 0 Å². The Labute approximate surface area is 104 Å². The molecule has 0 aliphatic carbocycles. The van der Waals surface area contributed by atoms with E-state index in [-0.39, 0.29) is 12.0 Å². The van der Waals surface area contributed by atoms with E-state index in [0.29, 0.717) is 6.54 Å². The van der Waals surface area contributed by atoms with E-state index in [4.69, 9.17) is 5.11 Å². The third-order valence-electron chi connectivity index (χ3n) is 2.71. The van der Waals surface area contributed by atoms with E-state index in [1.807, 2.05) is 31.2 Å². The van der Waals surface area contributed by atoms with Crippen LogP contribution in [0, 0.1) is 5.92 Å². The van der Waals surface area contributed by atoms with Gasteiger partial charge in [0.15, 0.2) is 0 Å². The van der Waals surface area contributed by atoms with Crippen LogP contribution in [0.5, 0.6) is 0 Å². The summed E-state index contributed by atoms with van der Waals surface area (Å²) in [4.78, 5) is 10.8. The van der Waals surface area contributed by atoms with Crippen molar-refractivity contribution in [2.75, 3.05) is 0 Å². The summed E-state index contributed by atoms with van der Waals surface area (Å²) in [5.41, 5.74) is 1.13. The van der Waals surface area contributed by atoms with Gasteiger partial charge >= 0.3 is 5.97 Å². The Balaban J connectivity index is 2.52. The fraction of sp³-hybridized carbons (Fsp3) is 0.417. The summed E-state index contributed by atoms with van der Waals surface area (Å²) in [6.07, 6.45) is 0. The Kier molecular flexibility index (Phi) is 4.96. The van der Waals surface area contributed by atoms with E-state index >= 15 is 0 Å². The molecule has 2 atom stereocenters. The maximum atomic E-state index is 10.8. The van der Waals surface area contributed by atoms with E-state index < -0.39 is 5.97 Å². The van der Waals surface area contributed by atoms with Crippen molar-refractivity contribution in [3.63, 3.8) is 0 Å². The summed E-state index contributed by atoms with van der Waals surface area (Å²) in [6, 6.07) is 7.85. The van der Waals surface area contributed by atoms with Crippen molar-refractivity contribution in [3.05, 3.63) is 34.3 Å². The van der Waals surface area contributed by atoms with Crippen LogP contribution < -0.4 is 5.32 Å². The van der Waals surface area contributed by atoms with E-state index in [1.165, 1.54) is 0 Å². The van der Waals surface area contributed by atoms with Gasteiger partial charge in [0, 0.05) is 17.1 Å². The van der Waals surface area contributed by atoms with Crippen LogP contribution in [0.25, 0.3) is 0 Å². The molecular weight excluding hydrogens is 270 g/mol. The molecule has 0 aliphatic heterocycles. The molecule has 2 N–H and O–H groups in total. The molecule has 2 unspecified atom stereocenters. The van der Waals surface area contributed by atoms with Gasteiger partial charge in [-0.05, 0) is 18.6 Å². The zero-order valence-corrected chi connectivity index (χ0v) is 11.0. The second kappa shape index (κ2) is 6.01.